The molecule has 0 unspecified atom stereocenters. The molecule has 0 amide bonds. The Labute approximate surface area is 110 Å². The molecule has 0 bridgehead atoms. The van der Waals surface area contributed by atoms with Crippen LogP contribution < -0.4 is 5.32 Å². The van der Waals surface area contributed by atoms with Crippen LogP contribution >= 0.6 is 15.9 Å². The number of fused-ring (bicyclic) bond motifs is 1. The van der Waals surface area contributed by atoms with Crippen LogP contribution in [0.3, 0.4) is 0 Å². The van der Waals surface area contributed by atoms with Crippen molar-refractivity contribution in [2.75, 3.05) is 11.9 Å². The number of benzene rings is 1. The largest absolute Gasteiger partial charge is 0.369 e. The van der Waals surface area contributed by atoms with Crippen molar-refractivity contribution in [3.05, 3.63) is 34.9 Å². The fraction of sp³-hybridized carbons (Fsp3) is 0.357. The number of pyridine rings is 1. The lowest BCUT2D eigenvalue weighted by molar-refractivity contribution is 0.333. The van der Waals surface area contributed by atoms with Crippen molar-refractivity contribution < 1.29 is 0 Å². The molecule has 0 aliphatic heterocycles. The molecule has 1 aromatic heterocycles. The van der Waals surface area contributed by atoms with Crippen molar-refractivity contribution in [2.24, 2.45) is 5.92 Å². The first-order valence-corrected chi connectivity index (χ1v) is 6.91. The molecule has 1 aliphatic carbocycles. The lowest BCUT2D eigenvalue weighted by Crippen LogP contribution is -2.21. The fourth-order valence-corrected chi connectivity index (χ4v) is 2.75. The maximum Gasteiger partial charge on any atom is 0.133 e. The van der Waals surface area contributed by atoms with Gasteiger partial charge in [0.15, 0.2) is 0 Å². The average Bonchev–Trinajstić information content (AvgIpc) is 2.28. The summed E-state index contributed by atoms with van der Waals surface area (Å²) in [6, 6.07) is 8.30. The molecule has 3 heteroatoms. The van der Waals surface area contributed by atoms with Crippen molar-refractivity contribution >= 4 is 32.5 Å². The number of rotatable bonds is 3. The minimum atomic E-state index is 0.846. The smallest absolute Gasteiger partial charge is 0.133 e. The topological polar surface area (TPSA) is 24.9 Å². The van der Waals surface area contributed by atoms with E-state index in [1.807, 2.05) is 12.3 Å². The minimum absolute atomic E-state index is 0.846. The molecular formula is C14H15BrN2. The lowest BCUT2D eigenvalue weighted by atomic mass is 9.85. The third-order valence-corrected chi connectivity index (χ3v) is 4.23. The number of halogens is 1. The highest BCUT2D eigenvalue weighted by atomic mass is 79.9. The first-order valence-electron chi connectivity index (χ1n) is 6.12. The van der Waals surface area contributed by atoms with E-state index >= 15 is 0 Å². The van der Waals surface area contributed by atoms with Gasteiger partial charge in [0.2, 0.25) is 0 Å². The highest BCUT2D eigenvalue weighted by Crippen LogP contribution is 2.30. The number of hydrogen-bond acceptors (Lipinski definition) is 2. The average molecular weight is 291 g/mol. The summed E-state index contributed by atoms with van der Waals surface area (Å²) in [5.41, 5.74) is 0. The van der Waals surface area contributed by atoms with Gasteiger partial charge >= 0.3 is 0 Å². The Hall–Kier alpha value is -1.09. The summed E-state index contributed by atoms with van der Waals surface area (Å²) in [7, 11) is 0. The van der Waals surface area contributed by atoms with E-state index in [0.717, 1.165) is 22.8 Å². The molecule has 3 rings (SSSR count). The van der Waals surface area contributed by atoms with Gasteiger partial charge in [-0.05, 0) is 30.9 Å². The van der Waals surface area contributed by atoms with Crippen LogP contribution in [0.1, 0.15) is 19.3 Å². The van der Waals surface area contributed by atoms with Crippen molar-refractivity contribution in [3.8, 4) is 0 Å². The number of nitrogens with zero attached hydrogens (tertiary/aromatic N) is 1. The number of aromatic nitrogens is 1. The van der Waals surface area contributed by atoms with E-state index < -0.39 is 0 Å². The van der Waals surface area contributed by atoms with E-state index in [9.17, 15) is 0 Å². The van der Waals surface area contributed by atoms with Gasteiger partial charge in [-0.2, -0.15) is 0 Å². The Morgan fingerprint density at radius 2 is 2.12 bits per heavy atom. The second-order valence-electron chi connectivity index (χ2n) is 4.67. The normalized spacial score (nSPS) is 15.8. The molecule has 1 fully saturated rings. The molecular weight excluding hydrogens is 276 g/mol. The summed E-state index contributed by atoms with van der Waals surface area (Å²) in [4.78, 5) is 4.45. The maximum atomic E-state index is 4.45. The van der Waals surface area contributed by atoms with Gasteiger partial charge in [-0.1, -0.05) is 34.5 Å². The molecule has 1 aromatic carbocycles. The molecule has 0 atom stereocenters. The number of anilines is 1. The standard InChI is InChI=1S/C14H15BrN2/c15-13-6-2-5-12-11(13)7-8-16-14(12)17-9-10-3-1-4-10/h2,5-8,10H,1,3-4,9H2,(H,16,17). The van der Waals surface area contributed by atoms with Crippen LogP contribution in [-0.2, 0) is 0 Å². The monoisotopic (exact) mass is 290 g/mol. The third-order valence-electron chi connectivity index (χ3n) is 3.54. The van der Waals surface area contributed by atoms with Crippen molar-refractivity contribution in [1.82, 2.24) is 4.98 Å². The molecule has 1 saturated carbocycles. The second-order valence-corrected chi connectivity index (χ2v) is 5.53. The first-order chi connectivity index (χ1) is 8.34. The Morgan fingerprint density at radius 1 is 1.24 bits per heavy atom. The summed E-state index contributed by atoms with van der Waals surface area (Å²) >= 11 is 3.58. The minimum Gasteiger partial charge on any atom is -0.369 e. The van der Waals surface area contributed by atoms with Gasteiger partial charge in [-0.25, -0.2) is 4.98 Å². The van der Waals surface area contributed by atoms with Gasteiger partial charge in [0.1, 0.15) is 5.82 Å². The quantitative estimate of drug-likeness (QED) is 0.916. The zero-order valence-electron chi connectivity index (χ0n) is 9.62. The van der Waals surface area contributed by atoms with Crippen LogP contribution in [0.2, 0.25) is 0 Å². The Bertz CT molecular complexity index is 535. The first kappa shape index (κ1) is 11.0. The van der Waals surface area contributed by atoms with Crippen molar-refractivity contribution in [3.63, 3.8) is 0 Å². The van der Waals surface area contributed by atoms with E-state index in [0.29, 0.717) is 0 Å². The van der Waals surface area contributed by atoms with Gasteiger partial charge in [0.25, 0.3) is 0 Å². The molecule has 2 aromatic rings. The van der Waals surface area contributed by atoms with Crippen LogP contribution in [0.25, 0.3) is 10.8 Å². The third kappa shape index (κ3) is 2.16. The van der Waals surface area contributed by atoms with Crippen LogP contribution in [0.4, 0.5) is 5.82 Å². The molecule has 0 spiro atoms. The number of nitrogens with one attached hydrogen (secondary N) is 1. The van der Waals surface area contributed by atoms with Crippen LogP contribution in [-0.4, -0.2) is 11.5 Å². The van der Waals surface area contributed by atoms with Gasteiger partial charge in [-0.3, -0.25) is 0 Å². The van der Waals surface area contributed by atoms with Crippen molar-refractivity contribution in [1.29, 1.82) is 0 Å². The van der Waals surface area contributed by atoms with E-state index in [4.69, 9.17) is 0 Å². The van der Waals surface area contributed by atoms with Gasteiger partial charge in [0, 0.05) is 28.0 Å². The zero-order valence-corrected chi connectivity index (χ0v) is 11.2. The van der Waals surface area contributed by atoms with Gasteiger partial charge < -0.3 is 5.32 Å². The summed E-state index contributed by atoms with van der Waals surface area (Å²) < 4.78 is 1.13. The predicted octanol–water partition coefficient (Wildman–Crippen LogP) is 4.21. The maximum absolute atomic E-state index is 4.45. The molecule has 2 nitrogen and oxygen atoms in total. The van der Waals surface area contributed by atoms with E-state index in [-0.39, 0.29) is 0 Å². The molecule has 17 heavy (non-hydrogen) atoms. The Kier molecular flexibility index (Phi) is 3.02. The Balaban J connectivity index is 1.90. The molecule has 0 radical (unpaired) electrons. The number of hydrogen-bond donors (Lipinski definition) is 1. The molecule has 88 valence electrons. The summed E-state index contributed by atoms with van der Waals surface area (Å²) in [6.45, 7) is 1.05. The molecule has 0 saturated heterocycles. The lowest BCUT2D eigenvalue weighted by Gasteiger charge is -2.25. The second kappa shape index (κ2) is 4.65. The summed E-state index contributed by atoms with van der Waals surface area (Å²) in [6.07, 6.45) is 5.99. The predicted molar refractivity (Wildman–Crippen MR) is 75.3 cm³/mol. The van der Waals surface area contributed by atoms with Crippen LogP contribution in [0.5, 0.6) is 0 Å². The Morgan fingerprint density at radius 3 is 2.88 bits per heavy atom. The highest BCUT2D eigenvalue weighted by molar-refractivity contribution is 9.10. The molecule has 1 heterocycles. The molecule has 1 aliphatic rings. The van der Waals surface area contributed by atoms with E-state index in [1.165, 1.54) is 30.0 Å². The van der Waals surface area contributed by atoms with E-state index in [2.05, 4.69) is 44.4 Å². The SMILES string of the molecule is Brc1cccc2c(NCC3CCC3)nccc12. The summed E-state index contributed by atoms with van der Waals surface area (Å²) in [5, 5.41) is 5.90. The van der Waals surface area contributed by atoms with E-state index in [1.54, 1.807) is 0 Å². The van der Waals surface area contributed by atoms with Crippen LogP contribution in [0.15, 0.2) is 34.9 Å². The fourth-order valence-electron chi connectivity index (χ4n) is 2.25. The van der Waals surface area contributed by atoms with Gasteiger partial charge in [-0.15, -0.1) is 0 Å². The van der Waals surface area contributed by atoms with Crippen LogP contribution in [0, 0.1) is 5.92 Å². The van der Waals surface area contributed by atoms with Crippen molar-refractivity contribution in [2.45, 2.75) is 19.3 Å². The molecule has 1 N–H and O–H groups in total. The zero-order chi connectivity index (χ0) is 11.7. The summed E-state index contributed by atoms with van der Waals surface area (Å²) in [5.74, 6) is 1.86. The highest BCUT2D eigenvalue weighted by Gasteiger charge is 2.17. The van der Waals surface area contributed by atoms with Gasteiger partial charge in [0.05, 0.1) is 0 Å².